The summed E-state index contributed by atoms with van der Waals surface area (Å²) in [6, 6.07) is 5.15. The minimum Gasteiger partial charge on any atom is -0.495 e. The first-order valence-corrected chi connectivity index (χ1v) is 7.79. The van der Waals surface area contributed by atoms with Gasteiger partial charge in [-0.1, -0.05) is 18.2 Å². The van der Waals surface area contributed by atoms with E-state index in [1.54, 1.807) is 16.8 Å². The van der Waals surface area contributed by atoms with Crippen molar-refractivity contribution in [2.75, 3.05) is 19.1 Å². The minimum absolute atomic E-state index is 0.274. The van der Waals surface area contributed by atoms with Crippen LogP contribution in [0.15, 0.2) is 37.1 Å². The highest BCUT2D eigenvalue weighted by Crippen LogP contribution is 2.38. The van der Waals surface area contributed by atoms with Crippen molar-refractivity contribution in [3.63, 3.8) is 0 Å². The van der Waals surface area contributed by atoms with Crippen molar-refractivity contribution in [2.24, 2.45) is 0 Å². The van der Waals surface area contributed by atoms with Gasteiger partial charge in [-0.15, -0.1) is 0 Å². The van der Waals surface area contributed by atoms with Crippen molar-refractivity contribution >= 4 is 23.2 Å². The molecule has 0 aliphatic carbocycles. The molecular weight excluding hydrogens is 330 g/mol. The second kappa shape index (κ2) is 7.88. The smallest absolute Gasteiger partial charge is 0.250 e. The topological polar surface area (TPSA) is 56.6 Å². The van der Waals surface area contributed by atoms with Crippen molar-refractivity contribution < 1.29 is 14.3 Å². The third-order valence-corrected chi connectivity index (χ3v) is 3.82. The van der Waals surface area contributed by atoms with Gasteiger partial charge < -0.3 is 9.47 Å². The molecule has 1 aromatic heterocycles. The van der Waals surface area contributed by atoms with Gasteiger partial charge in [0.15, 0.2) is 0 Å². The highest BCUT2D eigenvalue weighted by Gasteiger charge is 2.21. The van der Waals surface area contributed by atoms with E-state index in [1.807, 2.05) is 19.2 Å². The standard InChI is InChI=1S/C17H20ClN3O3/c1-5-17(22)21(11-12-7-8-20(6-2)19-12)14-10-15(23-3)13(18)9-16(14)24-4/h5,7-10H,1,6,11H2,2-4H3. The summed E-state index contributed by atoms with van der Waals surface area (Å²) in [4.78, 5) is 13.9. The van der Waals surface area contributed by atoms with E-state index in [1.165, 1.54) is 25.2 Å². The van der Waals surface area contributed by atoms with Crippen LogP contribution >= 0.6 is 11.6 Å². The Morgan fingerprint density at radius 2 is 2.08 bits per heavy atom. The van der Waals surface area contributed by atoms with E-state index in [2.05, 4.69) is 11.7 Å². The van der Waals surface area contributed by atoms with Gasteiger partial charge in [0.2, 0.25) is 0 Å². The van der Waals surface area contributed by atoms with Gasteiger partial charge in [0.25, 0.3) is 5.91 Å². The SMILES string of the molecule is C=CC(=O)N(Cc1ccn(CC)n1)c1cc(OC)c(Cl)cc1OC. The predicted molar refractivity (Wildman–Crippen MR) is 93.8 cm³/mol. The summed E-state index contributed by atoms with van der Waals surface area (Å²) in [5.41, 5.74) is 1.29. The number of ether oxygens (including phenoxy) is 2. The van der Waals surface area contributed by atoms with Gasteiger partial charge in [-0.2, -0.15) is 5.10 Å². The molecule has 0 unspecified atom stereocenters. The van der Waals surface area contributed by atoms with Crippen LogP contribution in [0.4, 0.5) is 5.69 Å². The monoisotopic (exact) mass is 349 g/mol. The third-order valence-electron chi connectivity index (χ3n) is 3.52. The van der Waals surface area contributed by atoms with Crippen LogP contribution in [0, 0.1) is 0 Å². The maximum Gasteiger partial charge on any atom is 0.250 e. The van der Waals surface area contributed by atoms with Crippen LogP contribution in [-0.2, 0) is 17.9 Å². The number of halogens is 1. The van der Waals surface area contributed by atoms with Gasteiger partial charge in [0.05, 0.1) is 37.2 Å². The lowest BCUT2D eigenvalue weighted by molar-refractivity contribution is -0.114. The molecule has 2 aromatic rings. The Morgan fingerprint density at radius 3 is 2.62 bits per heavy atom. The molecule has 0 atom stereocenters. The Labute approximate surface area is 146 Å². The van der Waals surface area contributed by atoms with Crippen LogP contribution in [0.5, 0.6) is 11.5 Å². The van der Waals surface area contributed by atoms with Crippen molar-refractivity contribution in [3.05, 3.63) is 47.8 Å². The molecule has 1 aromatic carbocycles. The van der Waals surface area contributed by atoms with Gasteiger partial charge in [-0.3, -0.25) is 14.4 Å². The molecule has 0 radical (unpaired) electrons. The lowest BCUT2D eigenvalue weighted by atomic mass is 10.2. The Bertz CT molecular complexity index is 743. The molecule has 24 heavy (non-hydrogen) atoms. The van der Waals surface area contributed by atoms with E-state index in [-0.39, 0.29) is 12.5 Å². The molecule has 0 aliphatic rings. The first kappa shape index (κ1) is 17.9. The predicted octanol–water partition coefficient (Wildman–Crippen LogP) is 3.29. The van der Waals surface area contributed by atoms with Crippen LogP contribution in [0.25, 0.3) is 0 Å². The zero-order chi connectivity index (χ0) is 17.7. The molecule has 6 nitrogen and oxygen atoms in total. The Kier molecular flexibility index (Phi) is 5.87. The fourth-order valence-corrected chi connectivity index (χ4v) is 2.50. The molecule has 0 saturated heterocycles. The van der Waals surface area contributed by atoms with Crippen molar-refractivity contribution in [1.82, 2.24) is 9.78 Å². The minimum atomic E-state index is -0.274. The number of hydrogen-bond acceptors (Lipinski definition) is 4. The molecule has 0 aliphatic heterocycles. The zero-order valence-corrected chi connectivity index (χ0v) is 14.7. The number of amides is 1. The van der Waals surface area contributed by atoms with E-state index in [9.17, 15) is 4.79 Å². The third kappa shape index (κ3) is 3.71. The largest absolute Gasteiger partial charge is 0.495 e. The number of benzene rings is 1. The molecule has 128 valence electrons. The maximum absolute atomic E-state index is 12.4. The van der Waals surface area contributed by atoms with E-state index in [4.69, 9.17) is 21.1 Å². The maximum atomic E-state index is 12.4. The molecule has 0 N–H and O–H groups in total. The first-order chi connectivity index (χ1) is 11.5. The van der Waals surface area contributed by atoms with Crippen LogP contribution in [0.2, 0.25) is 5.02 Å². The molecule has 0 saturated carbocycles. The molecule has 0 spiro atoms. The second-order valence-corrected chi connectivity index (χ2v) is 5.36. The van der Waals surface area contributed by atoms with Crippen LogP contribution in [0.1, 0.15) is 12.6 Å². The average Bonchev–Trinajstić information content (AvgIpc) is 3.06. The number of carbonyl (C=O) groups is 1. The Balaban J connectivity index is 2.47. The summed E-state index contributed by atoms with van der Waals surface area (Å²) in [7, 11) is 3.03. The summed E-state index contributed by atoms with van der Waals surface area (Å²) >= 11 is 6.14. The molecule has 0 bridgehead atoms. The van der Waals surface area contributed by atoms with Crippen molar-refractivity contribution in [1.29, 1.82) is 0 Å². The zero-order valence-electron chi connectivity index (χ0n) is 14.0. The normalized spacial score (nSPS) is 10.3. The fraction of sp³-hybridized carbons (Fsp3) is 0.294. The average molecular weight is 350 g/mol. The van der Waals surface area contributed by atoms with Gasteiger partial charge in [-0.25, -0.2) is 0 Å². The molecule has 2 rings (SSSR count). The van der Waals surface area contributed by atoms with E-state index >= 15 is 0 Å². The van der Waals surface area contributed by atoms with Gasteiger partial charge in [0, 0.05) is 24.9 Å². The number of methoxy groups -OCH3 is 2. The summed E-state index contributed by atoms with van der Waals surface area (Å²) in [5, 5.41) is 4.82. The van der Waals surface area contributed by atoms with Crippen molar-refractivity contribution in [2.45, 2.75) is 20.0 Å². The van der Waals surface area contributed by atoms with Crippen LogP contribution < -0.4 is 14.4 Å². The van der Waals surface area contributed by atoms with Crippen LogP contribution in [0.3, 0.4) is 0 Å². The van der Waals surface area contributed by atoms with E-state index in [0.717, 1.165) is 12.2 Å². The van der Waals surface area contributed by atoms with E-state index < -0.39 is 0 Å². The van der Waals surface area contributed by atoms with Crippen molar-refractivity contribution in [3.8, 4) is 11.5 Å². The lowest BCUT2D eigenvalue weighted by Gasteiger charge is -2.23. The number of rotatable bonds is 7. The highest BCUT2D eigenvalue weighted by molar-refractivity contribution is 6.32. The number of aryl methyl sites for hydroxylation is 1. The number of hydrogen-bond donors (Lipinski definition) is 0. The summed E-state index contributed by atoms with van der Waals surface area (Å²) < 4.78 is 12.4. The first-order valence-electron chi connectivity index (χ1n) is 7.41. The number of anilines is 1. The quantitative estimate of drug-likeness (QED) is 0.720. The highest BCUT2D eigenvalue weighted by atomic mass is 35.5. The molecule has 1 amide bonds. The lowest BCUT2D eigenvalue weighted by Crippen LogP contribution is -2.29. The number of nitrogens with zero attached hydrogens (tertiary/aromatic N) is 3. The fourth-order valence-electron chi connectivity index (χ4n) is 2.27. The Morgan fingerprint density at radius 1 is 1.38 bits per heavy atom. The molecule has 0 fully saturated rings. The summed E-state index contributed by atoms with van der Waals surface area (Å²) in [6.45, 7) is 6.60. The van der Waals surface area contributed by atoms with Crippen LogP contribution in [-0.4, -0.2) is 29.9 Å². The van der Waals surface area contributed by atoms with Gasteiger partial charge in [0.1, 0.15) is 11.5 Å². The van der Waals surface area contributed by atoms with Gasteiger partial charge >= 0.3 is 0 Å². The number of aromatic nitrogens is 2. The summed E-state index contributed by atoms with van der Waals surface area (Å²) in [6.07, 6.45) is 3.11. The second-order valence-electron chi connectivity index (χ2n) is 4.95. The van der Waals surface area contributed by atoms with E-state index in [0.29, 0.717) is 22.2 Å². The van der Waals surface area contributed by atoms with Gasteiger partial charge in [-0.05, 0) is 19.1 Å². The molecule has 7 heteroatoms. The molecular formula is C17H20ClN3O3. The molecule has 1 heterocycles. The number of carbonyl (C=O) groups excluding carboxylic acids is 1. The summed E-state index contributed by atoms with van der Waals surface area (Å²) in [5.74, 6) is 0.642. The Hall–Kier alpha value is -2.47.